The van der Waals surface area contributed by atoms with Crippen LogP contribution in [-0.4, -0.2) is 5.78 Å². The molecule has 0 aliphatic rings. The largest absolute Gasteiger partial charge is 0.300 e. The van der Waals surface area contributed by atoms with Crippen molar-refractivity contribution in [3.05, 3.63) is 71.8 Å². The molecule has 0 fully saturated rings. The molecule has 0 amide bonds. The first-order valence-electron chi connectivity index (χ1n) is 6.56. The summed E-state index contributed by atoms with van der Waals surface area (Å²) in [6.45, 7) is 0. The molecule has 0 aromatic heterocycles. The average Bonchev–Trinajstić information content (AvgIpc) is 2.49. The number of benzene rings is 2. The van der Waals surface area contributed by atoms with Crippen molar-refractivity contribution in [2.24, 2.45) is 0 Å². The topological polar surface area (TPSA) is 17.1 Å². The molecule has 2 unspecified atom stereocenters. The number of halogens is 2. The summed E-state index contributed by atoms with van der Waals surface area (Å²) in [5.74, 6) is 0.0812. The highest BCUT2D eigenvalue weighted by Gasteiger charge is 2.17. The van der Waals surface area contributed by atoms with Crippen molar-refractivity contribution in [1.82, 2.24) is 0 Å². The summed E-state index contributed by atoms with van der Waals surface area (Å²) in [4.78, 5) is 12.0. The minimum Gasteiger partial charge on any atom is -0.300 e. The first-order chi connectivity index (χ1) is 9.66. The Labute approximate surface area is 129 Å². The van der Waals surface area contributed by atoms with E-state index in [1.807, 2.05) is 60.7 Å². The number of hydrogen-bond donors (Lipinski definition) is 0. The van der Waals surface area contributed by atoms with Gasteiger partial charge in [0, 0.05) is 12.8 Å². The van der Waals surface area contributed by atoms with Gasteiger partial charge in [0.15, 0.2) is 0 Å². The van der Waals surface area contributed by atoms with Crippen molar-refractivity contribution in [2.45, 2.75) is 23.6 Å². The summed E-state index contributed by atoms with van der Waals surface area (Å²) >= 11 is 12.5. The van der Waals surface area contributed by atoms with E-state index in [-0.39, 0.29) is 16.5 Å². The van der Waals surface area contributed by atoms with Gasteiger partial charge in [-0.25, -0.2) is 0 Å². The minimum atomic E-state index is -0.289. The Balaban J connectivity index is 1.90. The van der Waals surface area contributed by atoms with Crippen molar-refractivity contribution in [1.29, 1.82) is 0 Å². The van der Waals surface area contributed by atoms with Crippen LogP contribution in [-0.2, 0) is 4.79 Å². The van der Waals surface area contributed by atoms with E-state index < -0.39 is 0 Å². The third-order valence-corrected chi connectivity index (χ3v) is 3.95. The van der Waals surface area contributed by atoms with Crippen molar-refractivity contribution < 1.29 is 4.79 Å². The third-order valence-electron chi connectivity index (χ3n) is 3.14. The summed E-state index contributed by atoms with van der Waals surface area (Å²) < 4.78 is 0. The van der Waals surface area contributed by atoms with Crippen LogP contribution in [0.3, 0.4) is 0 Å². The van der Waals surface area contributed by atoms with Crippen LogP contribution in [0.4, 0.5) is 0 Å². The summed E-state index contributed by atoms with van der Waals surface area (Å²) in [7, 11) is 0. The van der Waals surface area contributed by atoms with E-state index in [2.05, 4.69) is 0 Å². The second kappa shape index (κ2) is 7.47. The summed E-state index contributed by atoms with van der Waals surface area (Å²) in [6, 6.07) is 19.3. The van der Waals surface area contributed by atoms with E-state index in [9.17, 15) is 4.79 Å². The standard InChI is InChI=1S/C17H16Cl2O/c18-16(13-7-3-1-4-8-13)11-15(20)12-17(19)14-9-5-2-6-10-14/h1-10,16-17H,11-12H2. The minimum absolute atomic E-state index is 0.0812. The van der Waals surface area contributed by atoms with Gasteiger partial charge in [0.25, 0.3) is 0 Å². The van der Waals surface area contributed by atoms with Gasteiger partial charge in [0.2, 0.25) is 0 Å². The quantitative estimate of drug-likeness (QED) is 0.662. The van der Waals surface area contributed by atoms with Crippen molar-refractivity contribution >= 4 is 29.0 Å². The fraction of sp³-hybridized carbons (Fsp3) is 0.235. The molecule has 1 nitrogen and oxygen atoms in total. The fourth-order valence-electron chi connectivity index (χ4n) is 2.04. The zero-order valence-corrected chi connectivity index (χ0v) is 12.5. The lowest BCUT2D eigenvalue weighted by Gasteiger charge is -2.12. The summed E-state index contributed by atoms with van der Waals surface area (Å²) in [5, 5.41) is -0.577. The molecule has 2 aromatic rings. The van der Waals surface area contributed by atoms with E-state index in [1.165, 1.54) is 0 Å². The van der Waals surface area contributed by atoms with Crippen molar-refractivity contribution in [3.63, 3.8) is 0 Å². The first-order valence-corrected chi connectivity index (χ1v) is 7.44. The van der Waals surface area contributed by atoms with E-state index >= 15 is 0 Å². The SMILES string of the molecule is O=C(CC(Cl)c1ccccc1)CC(Cl)c1ccccc1. The maximum absolute atomic E-state index is 12.0. The number of carbonyl (C=O) groups excluding carboxylic acids is 1. The zero-order valence-electron chi connectivity index (χ0n) is 11.0. The van der Waals surface area contributed by atoms with Gasteiger partial charge in [0.05, 0.1) is 10.8 Å². The Hall–Kier alpha value is -1.31. The Morgan fingerprint density at radius 3 is 1.45 bits per heavy atom. The lowest BCUT2D eigenvalue weighted by molar-refractivity contribution is -0.119. The highest BCUT2D eigenvalue weighted by atomic mass is 35.5. The summed E-state index contributed by atoms with van der Waals surface area (Å²) in [5.41, 5.74) is 1.93. The van der Waals surface area contributed by atoms with Crippen molar-refractivity contribution in [3.8, 4) is 0 Å². The molecule has 2 rings (SSSR count). The molecule has 0 radical (unpaired) electrons. The molecule has 0 aliphatic heterocycles. The molecule has 0 heterocycles. The monoisotopic (exact) mass is 306 g/mol. The lowest BCUT2D eigenvalue weighted by atomic mass is 10.0. The molecule has 20 heavy (non-hydrogen) atoms. The average molecular weight is 307 g/mol. The van der Waals surface area contributed by atoms with Crippen LogP contribution in [0.25, 0.3) is 0 Å². The van der Waals surface area contributed by atoms with Crippen LogP contribution >= 0.6 is 23.2 Å². The van der Waals surface area contributed by atoms with Crippen LogP contribution in [0.2, 0.25) is 0 Å². The molecule has 2 atom stereocenters. The maximum atomic E-state index is 12.0. The van der Waals surface area contributed by atoms with Gasteiger partial charge < -0.3 is 0 Å². The van der Waals surface area contributed by atoms with Gasteiger partial charge in [-0.2, -0.15) is 0 Å². The Bertz CT molecular complexity index is 490. The number of ketones is 1. The second-order valence-corrected chi connectivity index (χ2v) is 5.76. The highest BCUT2D eigenvalue weighted by Crippen LogP contribution is 2.29. The lowest BCUT2D eigenvalue weighted by Crippen LogP contribution is -2.06. The molecule has 0 saturated heterocycles. The van der Waals surface area contributed by atoms with E-state index in [0.717, 1.165) is 11.1 Å². The number of Topliss-reactive ketones (excluding diaryl/α,β-unsaturated/α-hetero) is 1. The second-order valence-electron chi connectivity index (χ2n) is 4.70. The number of rotatable bonds is 6. The number of carbonyl (C=O) groups is 1. The molecule has 2 aromatic carbocycles. The fourth-order valence-corrected chi connectivity index (χ4v) is 2.68. The zero-order chi connectivity index (χ0) is 14.4. The van der Waals surface area contributed by atoms with E-state index in [4.69, 9.17) is 23.2 Å². The molecule has 0 spiro atoms. The van der Waals surface area contributed by atoms with Crippen LogP contribution in [0, 0.1) is 0 Å². The Morgan fingerprint density at radius 2 is 1.10 bits per heavy atom. The molecular weight excluding hydrogens is 291 g/mol. The smallest absolute Gasteiger partial charge is 0.136 e. The predicted molar refractivity (Wildman–Crippen MR) is 84.3 cm³/mol. The van der Waals surface area contributed by atoms with Crippen LogP contribution in [0.1, 0.15) is 34.7 Å². The van der Waals surface area contributed by atoms with Gasteiger partial charge in [-0.3, -0.25) is 4.79 Å². The van der Waals surface area contributed by atoms with E-state index in [0.29, 0.717) is 12.8 Å². The number of hydrogen-bond acceptors (Lipinski definition) is 1. The molecule has 0 N–H and O–H groups in total. The summed E-state index contributed by atoms with van der Waals surface area (Å²) in [6.07, 6.45) is 0.614. The molecule has 0 bridgehead atoms. The third kappa shape index (κ3) is 4.36. The Morgan fingerprint density at radius 1 is 0.750 bits per heavy atom. The van der Waals surface area contributed by atoms with Gasteiger partial charge in [-0.05, 0) is 11.1 Å². The normalized spacial score (nSPS) is 13.7. The maximum Gasteiger partial charge on any atom is 0.136 e. The Kier molecular flexibility index (Phi) is 5.63. The predicted octanol–water partition coefficient (Wildman–Crippen LogP) is 5.30. The van der Waals surface area contributed by atoms with E-state index in [1.54, 1.807) is 0 Å². The van der Waals surface area contributed by atoms with Gasteiger partial charge >= 0.3 is 0 Å². The molecule has 0 saturated carbocycles. The van der Waals surface area contributed by atoms with Crippen LogP contribution in [0.5, 0.6) is 0 Å². The first kappa shape index (κ1) is 15.1. The van der Waals surface area contributed by atoms with Gasteiger partial charge in [0.1, 0.15) is 5.78 Å². The highest BCUT2D eigenvalue weighted by molar-refractivity contribution is 6.23. The molecule has 104 valence electrons. The molecule has 3 heteroatoms. The number of alkyl halides is 2. The molecule has 0 aliphatic carbocycles. The molecular formula is C17H16Cl2O. The van der Waals surface area contributed by atoms with Crippen molar-refractivity contribution in [2.75, 3.05) is 0 Å². The van der Waals surface area contributed by atoms with Gasteiger partial charge in [-0.15, -0.1) is 23.2 Å². The van der Waals surface area contributed by atoms with Gasteiger partial charge in [-0.1, -0.05) is 60.7 Å². The van der Waals surface area contributed by atoms with Crippen LogP contribution in [0.15, 0.2) is 60.7 Å². The van der Waals surface area contributed by atoms with Crippen LogP contribution < -0.4 is 0 Å².